The summed E-state index contributed by atoms with van der Waals surface area (Å²) in [5, 5.41) is 2.58. The number of nitrogens with one attached hydrogen (secondary N) is 1. The highest BCUT2D eigenvalue weighted by molar-refractivity contribution is 6.22. The molecule has 1 heterocycles. The zero-order valence-corrected chi connectivity index (χ0v) is 15.6. The molecule has 1 aliphatic carbocycles. The Morgan fingerprint density at radius 3 is 2.48 bits per heavy atom. The summed E-state index contributed by atoms with van der Waals surface area (Å²) < 4.78 is 5.15. The zero-order valence-electron chi connectivity index (χ0n) is 15.6. The van der Waals surface area contributed by atoms with Crippen LogP contribution in [0, 0.1) is 0 Å². The van der Waals surface area contributed by atoms with Gasteiger partial charge in [0.25, 0.3) is 17.7 Å². The van der Waals surface area contributed by atoms with E-state index in [1.807, 2.05) is 0 Å². The number of fused-ring (bicyclic) bond motifs is 1. The second-order valence-corrected chi connectivity index (χ2v) is 6.97. The third kappa shape index (κ3) is 3.72. The van der Waals surface area contributed by atoms with Crippen LogP contribution in [0.3, 0.4) is 0 Å². The highest BCUT2D eigenvalue weighted by Gasteiger charge is 2.40. The molecule has 27 heavy (non-hydrogen) atoms. The van der Waals surface area contributed by atoms with Gasteiger partial charge in [0, 0.05) is 12.6 Å². The summed E-state index contributed by atoms with van der Waals surface area (Å²) >= 11 is 0. The van der Waals surface area contributed by atoms with Crippen LogP contribution in [0.5, 0.6) is 0 Å². The largest absolute Gasteiger partial charge is 0.449 e. The number of nitrogens with zero attached hydrogens (tertiary/aromatic N) is 1. The number of carbonyl (C=O) groups excluding carboxylic acids is 4. The number of benzene rings is 1. The number of likely N-dealkylation sites (N-methyl/N-ethyl adjacent to an activating group) is 1. The minimum Gasteiger partial charge on any atom is -0.449 e. The van der Waals surface area contributed by atoms with E-state index in [4.69, 9.17) is 4.74 Å². The van der Waals surface area contributed by atoms with Crippen molar-refractivity contribution in [2.75, 3.05) is 6.54 Å². The molecule has 1 atom stereocenters. The van der Waals surface area contributed by atoms with Crippen LogP contribution in [0.15, 0.2) is 18.2 Å². The number of esters is 1. The monoisotopic (exact) mass is 372 g/mol. The third-order valence-corrected chi connectivity index (χ3v) is 5.10. The Morgan fingerprint density at radius 1 is 1.15 bits per heavy atom. The molecule has 1 aromatic rings. The van der Waals surface area contributed by atoms with Crippen molar-refractivity contribution in [2.24, 2.45) is 0 Å². The van der Waals surface area contributed by atoms with E-state index >= 15 is 0 Å². The van der Waals surface area contributed by atoms with E-state index in [9.17, 15) is 19.2 Å². The fraction of sp³-hybridized carbons (Fsp3) is 0.500. The molecule has 2 aliphatic rings. The lowest BCUT2D eigenvalue weighted by Gasteiger charge is -2.29. The Balaban J connectivity index is 1.77. The number of hydrogen-bond acceptors (Lipinski definition) is 5. The Bertz CT molecular complexity index is 783. The van der Waals surface area contributed by atoms with E-state index in [0.29, 0.717) is 12.1 Å². The molecule has 1 aromatic carbocycles. The number of ether oxygens (including phenoxy) is 1. The summed E-state index contributed by atoms with van der Waals surface area (Å²) in [7, 11) is 0. The molecule has 0 aromatic heterocycles. The van der Waals surface area contributed by atoms with Gasteiger partial charge in [-0.05, 0) is 44.9 Å². The average Bonchev–Trinajstić information content (AvgIpc) is 2.92. The minimum atomic E-state index is -0.943. The summed E-state index contributed by atoms with van der Waals surface area (Å²) in [5.41, 5.74) is 0.695. The fourth-order valence-corrected chi connectivity index (χ4v) is 3.66. The molecule has 1 saturated carbocycles. The lowest BCUT2D eigenvalue weighted by atomic mass is 9.94. The van der Waals surface area contributed by atoms with E-state index in [-0.39, 0.29) is 34.9 Å². The first-order valence-corrected chi connectivity index (χ1v) is 9.44. The average molecular weight is 372 g/mol. The maximum Gasteiger partial charge on any atom is 0.338 e. The molecule has 3 rings (SSSR count). The molecule has 0 radical (unpaired) electrons. The molecule has 0 spiro atoms. The summed E-state index contributed by atoms with van der Waals surface area (Å²) in [6.07, 6.45) is 3.84. The van der Waals surface area contributed by atoms with E-state index in [1.165, 1.54) is 30.0 Å². The SMILES string of the molecule is CCNC(=O)[C@H](C)OC(=O)c1ccc2c(c1)C(=O)N(C1CCCCC1)C2=O. The van der Waals surface area contributed by atoms with Crippen molar-refractivity contribution in [3.63, 3.8) is 0 Å². The first-order valence-electron chi connectivity index (χ1n) is 9.44. The van der Waals surface area contributed by atoms with Crippen LogP contribution in [-0.4, -0.2) is 47.3 Å². The van der Waals surface area contributed by atoms with Gasteiger partial charge in [-0.1, -0.05) is 19.3 Å². The predicted octanol–water partition coefficient (Wildman–Crippen LogP) is 2.30. The fourth-order valence-electron chi connectivity index (χ4n) is 3.66. The number of amides is 3. The molecule has 144 valence electrons. The summed E-state index contributed by atoms with van der Waals surface area (Å²) in [4.78, 5) is 50.8. The van der Waals surface area contributed by atoms with Crippen molar-refractivity contribution in [2.45, 2.75) is 58.1 Å². The van der Waals surface area contributed by atoms with Gasteiger partial charge in [-0.15, -0.1) is 0 Å². The Labute approximate surface area is 158 Å². The van der Waals surface area contributed by atoms with Crippen molar-refractivity contribution in [3.8, 4) is 0 Å². The van der Waals surface area contributed by atoms with Gasteiger partial charge in [-0.25, -0.2) is 4.79 Å². The standard InChI is InChI=1S/C20H24N2O5/c1-3-21-17(23)12(2)27-20(26)13-9-10-15-16(11-13)19(25)22(18(15)24)14-7-5-4-6-8-14/h9-12,14H,3-8H2,1-2H3,(H,21,23)/t12-/m0/s1. The molecule has 7 nitrogen and oxygen atoms in total. The maximum atomic E-state index is 12.8. The third-order valence-electron chi connectivity index (χ3n) is 5.10. The van der Waals surface area contributed by atoms with Gasteiger partial charge in [-0.2, -0.15) is 0 Å². The summed E-state index contributed by atoms with van der Waals surface area (Å²) in [6, 6.07) is 4.28. The van der Waals surface area contributed by atoms with Gasteiger partial charge >= 0.3 is 5.97 Å². The van der Waals surface area contributed by atoms with Gasteiger partial charge in [0.1, 0.15) is 0 Å². The molecule has 3 amide bonds. The maximum absolute atomic E-state index is 12.8. The Hall–Kier alpha value is -2.70. The van der Waals surface area contributed by atoms with Crippen LogP contribution < -0.4 is 5.32 Å². The van der Waals surface area contributed by atoms with Crippen molar-refractivity contribution >= 4 is 23.7 Å². The minimum absolute atomic E-state index is 0.0701. The van der Waals surface area contributed by atoms with Crippen LogP contribution in [0.2, 0.25) is 0 Å². The van der Waals surface area contributed by atoms with Gasteiger partial charge in [0.2, 0.25) is 0 Å². The van der Waals surface area contributed by atoms with Crippen molar-refractivity contribution < 1.29 is 23.9 Å². The van der Waals surface area contributed by atoms with Crippen LogP contribution in [0.4, 0.5) is 0 Å². The van der Waals surface area contributed by atoms with Gasteiger partial charge < -0.3 is 10.1 Å². The first-order chi connectivity index (χ1) is 12.9. The van der Waals surface area contributed by atoms with E-state index in [1.54, 1.807) is 6.92 Å². The molecule has 7 heteroatoms. The quantitative estimate of drug-likeness (QED) is 0.632. The molecule has 0 saturated heterocycles. The van der Waals surface area contributed by atoms with Crippen molar-refractivity contribution in [1.29, 1.82) is 0 Å². The van der Waals surface area contributed by atoms with Crippen molar-refractivity contribution in [1.82, 2.24) is 10.2 Å². The molecule has 0 bridgehead atoms. The second kappa shape index (κ2) is 7.90. The zero-order chi connectivity index (χ0) is 19.6. The van der Waals surface area contributed by atoms with Crippen LogP contribution >= 0.6 is 0 Å². The van der Waals surface area contributed by atoms with Crippen LogP contribution in [0.1, 0.15) is 77.0 Å². The number of carbonyl (C=O) groups is 4. The van der Waals surface area contributed by atoms with E-state index in [2.05, 4.69) is 5.32 Å². The van der Waals surface area contributed by atoms with Crippen LogP contribution in [0.25, 0.3) is 0 Å². The lowest BCUT2D eigenvalue weighted by molar-refractivity contribution is -0.128. The van der Waals surface area contributed by atoms with E-state index in [0.717, 1.165) is 32.1 Å². The summed E-state index contributed by atoms with van der Waals surface area (Å²) in [6.45, 7) is 3.69. The van der Waals surface area contributed by atoms with Gasteiger partial charge in [-0.3, -0.25) is 19.3 Å². The topological polar surface area (TPSA) is 92.8 Å². The van der Waals surface area contributed by atoms with Gasteiger partial charge in [0.15, 0.2) is 6.10 Å². The van der Waals surface area contributed by atoms with Crippen molar-refractivity contribution in [3.05, 3.63) is 34.9 Å². The molecular weight excluding hydrogens is 348 g/mol. The van der Waals surface area contributed by atoms with Gasteiger partial charge in [0.05, 0.1) is 16.7 Å². The van der Waals surface area contributed by atoms with Crippen LogP contribution in [-0.2, 0) is 9.53 Å². The van der Waals surface area contributed by atoms with E-state index < -0.39 is 12.1 Å². The lowest BCUT2D eigenvalue weighted by Crippen LogP contribution is -2.40. The highest BCUT2D eigenvalue weighted by Crippen LogP contribution is 2.31. The molecule has 1 N–H and O–H groups in total. The number of hydrogen-bond donors (Lipinski definition) is 1. The molecule has 1 fully saturated rings. The Kier molecular flexibility index (Phi) is 5.58. The number of rotatable bonds is 5. The second-order valence-electron chi connectivity index (χ2n) is 6.97. The first kappa shape index (κ1) is 19.1. The molecule has 1 aliphatic heterocycles. The normalized spacial score (nSPS) is 18.2. The predicted molar refractivity (Wildman–Crippen MR) is 97.4 cm³/mol. The smallest absolute Gasteiger partial charge is 0.338 e. The molecular formula is C20H24N2O5. The molecule has 0 unspecified atom stereocenters. The Morgan fingerprint density at radius 2 is 1.81 bits per heavy atom. The highest BCUT2D eigenvalue weighted by atomic mass is 16.5. The number of imide groups is 1. The summed E-state index contributed by atoms with van der Waals surface area (Å²) in [5.74, 6) is -1.74.